The minimum atomic E-state index is -0.309. The number of nitrogens with zero attached hydrogens (tertiary/aromatic N) is 2. The first-order valence-electron chi connectivity index (χ1n) is 9.47. The number of nitrogens with one attached hydrogen (secondary N) is 2. The number of amides is 2. The van der Waals surface area contributed by atoms with Crippen molar-refractivity contribution in [1.29, 1.82) is 0 Å². The molecule has 0 aliphatic carbocycles. The monoisotopic (exact) mass is 380 g/mol. The molecule has 0 atom stereocenters. The van der Waals surface area contributed by atoms with Gasteiger partial charge in [-0.15, -0.1) is 0 Å². The van der Waals surface area contributed by atoms with Crippen molar-refractivity contribution in [3.63, 3.8) is 0 Å². The second kappa shape index (κ2) is 8.12. The Balaban J connectivity index is 2.03. The van der Waals surface area contributed by atoms with Gasteiger partial charge in [0.1, 0.15) is 0 Å². The van der Waals surface area contributed by atoms with E-state index in [0.717, 1.165) is 31.0 Å². The lowest BCUT2D eigenvalue weighted by molar-refractivity contribution is -0.115. The van der Waals surface area contributed by atoms with E-state index in [1.807, 2.05) is 24.3 Å². The molecule has 0 radical (unpaired) electrons. The van der Waals surface area contributed by atoms with Crippen LogP contribution in [0.2, 0.25) is 0 Å². The molecule has 0 spiro atoms. The molecule has 0 unspecified atom stereocenters. The van der Waals surface area contributed by atoms with Gasteiger partial charge in [-0.2, -0.15) is 0 Å². The van der Waals surface area contributed by atoms with E-state index >= 15 is 0 Å². The van der Waals surface area contributed by atoms with Gasteiger partial charge in [0, 0.05) is 44.9 Å². The zero-order valence-corrected chi connectivity index (χ0v) is 17.0. The second-order valence-corrected chi connectivity index (χ2v) is 7.54. The Morgan fingerprint density at radius 1 is 0.786 bits per heavy atom. The highest BCUT2D eigenvalue weighted by molar-refractivity contribution is 5.89. The van der Waals surface area contributed by atoms with Gasteiger partial charge in [-0.25, -0.2) is 0 Å². The fourth-order valence-corrected chi connectivity index (χ4v) is 3.96. The highest BCUT2D eigenvalue weighted by Crippen LogP contribution is 2.38. The van der Waals surface area contributed by atoms with Gasteiger partial charge in [0.25, 0.3) is 0 Å². The van der Waals surface area contributed by atoms with E-state index in [1.165, 1.54) is 25.0 Å². The van der Waals surface area contributed by atoms with E-state index in [1.54, 1.807) is 0 Å². The lowest BCUT2D eigenvalue weighted by Gasteiger charge is -2.49. The van der Waals surface area contributed by atoms with Crippen LogP contribution in [0.3, 0.4) is 0 Å². The van der Waals surface area contributed by atoms with Gasteiger partial charge in [-0.1, -0.05) is 24.3 Å². The molecule has 1 aliphatic heterocycles. The Morgan fingerprint density at radius 3 is 1.61 bits per heavy atom. The van der Waals surface area contributed by atoms with E-state index in [9.17, 15) is 9.59 Å². The number of anilines is 2. The van der Waals surface area contributed by atoms with Crippen LogP contribution in [0.25, 0.3) is 0 Å². The summed E-state index contributed by atoms with van der Waals surface area (Å²) in [6.45, 7) is 5.82. The van der Waals surface area contributed by atoms with Gasteiger partial charge in [0.05, 0.1) is 5.54 Å². The molecule has 2 aromatic rings. The Hall–Kier alpha value is -2.70. The van der Waals surface area contributed by atoms with Gasteiger partial charge in [0.15, 0.2) is 0 Å². The number of hydrogen-bond acceptors (Lipinski definition) is 4. The first-order valence-corrected chi connectivity index (χ1v) is 9.47. The Bertz CT molecular complexity index is 786. The molecule has 2 aromatic carbocycles. The topological polar surface area (TPSA) is 64.7 Å². The summed E-state index contributed by atoms with van der Waals surface area (Å²) in [5, 5.41) is 5.66. The van der Waals surface area contributed by atoms with Gasteiger partial charge in [-0.05, 0) is 49.5 Å². The summed E-state index contributed by atoms with van der Waals surface area (Å²) < 4.78 is 0. The Kier molecular flexibility index (Phi) is 5.82. The first-order chi connectivity index (χ1) is 13.3. The molecule has 1 fully saturated rings. The zero-order valence-electron chi connectivity index (χ0n) is 17.0. The molecule has 1 saturated heterocycles. The van der Waals surface area contributed by atoms with Gasteiger partial charge < -0.3 is 15.5 Å². The molecule has 2 amide bonds. The van der Waals surface area contributed by atoms with Crippen molar-refractivity contribution >= 4 is 23.2 Å². The van der Waals surface area contributed by atoms with E-state index in [2.05, 4.69) is 58.8 Å². The molecule has 0 saturated carbocycles. The summed E-state index contributed by atoms with van der Waals surface area (Å²) in [5.41, 5.74) is 3.61. The van der Waals surface area contributed by atoms with Gasteiger partial charge in [0.2, 0.25) is 11.8 Å². The number of benzene rings is 2. The van der Waals surface area contributed by atoms with Crippen LogP contribution in [0, 0.1) is 0 Å². The Labute approximate surface area is 166 Å². The average Bonchev–Trinajstić information content (AvgIpc) is 2.64. The number of piperazine rings is 1. The first kappa shape index (κ1) is 20.0. The molecule has 3 rings (SSSR count). The maximum atomic E-state index is 11.3. The van der Waals surface area contributed by atoms with Crippen molar-refractivity contribution in [2.75, 3.05) is 44.4 Å². The highest BCUT2D eigenvalue weighted by Gasteiger charge is 2.42. The van der Waals surface area contributed by atoms with E-state index in [-0.39, 0.29) is 17.4 Å². The third-order valence-electron chi connectivity index (χ3n) is 5.33. The fraction of sp³-hybridized carbons (Fsp3) is 0.364. The van der Waals surface area contributed by atoms with E-state index in [0.29, 0.717) is 0 Å². The third-order valence-corrected chi connectivity index (χ3v) is 5.33. The minimum absolute atomic E-state index is 0.0782. The molecule has 28 heavy (non-hydrogen) atoms. The second-order valence-electron chi connectivity index (χ2n) is 7.54. The van der Waals surface area contributed by atoms with Crippen molar-refractivity contribution < 1.29 is 9.59 Å². The molecular formula is C22H28N4O2. The van der Waals surface area contributed by atoms with Crippen LogP contribution in [0.15, 0.2) is 48.5 Å². The van der Waals surface area contributed by atoms with Crippen LogP contribution in [0.1, 0.15) is 25.0 Å². The number of rotatable bonds is 4. The van der Waals surface area contributed by atoms with Gasteiger partial charge in [-0.3, -0.25) is 14.5 Å². The fourth-order valence-electron chi connectivity index (χ4n) is 3.96. The predicted molar refractivity (Wildman–Crippen MR) is 112 cm³/mol. The van der Waals surface area contributed by atoms with Crippen LogP contribution in [-0.2, 0) is 15.1 Å². The SMILES string of the molecule is CC(=O)Nc1ccc(C2(c3ccc(NC(C)=O)cc3)CN(C)CCN2C)cc1. The van der Waals surface area contributed by atoms with Crippen molar-refractivity contribution in [3.05, 3.63) is 59.7 Å². The summed E-state index contributed by atoms with van der Waals surface area (Å²) in [6.07, 6.45) is 0. The number of likely N-dealkylation sites (N-methyl/N-ethyl adjacent to an activating group) is 2. The zero-order chi connectivity index (χ0) is 20.3. The molecule has 1 aliphatic rings. The standard InChI is InChI=1S/C22H28N4O2/c1-16(27)23-20-9-5-18(6-10-20)22(15-25(3)13-14-26(22)4)19-7-11-21(12-8-19)24-17(2)28/h5-12H,13-15H2,1-4H3,(H,23,27)(H,24,28). The van der Waals surface area contributed by atoms with Crippen molar-refractivity contribution in [3.8, 4) is 0 Å². The summed E-state index contributed by atoms with van der Waals surface area (Å²) in [5.74, 6) is -0.156. The van der Waals surface area contributed by atoms with E-state index < -0.39 is 0 Å². The number of carbonyl (C=O) groups is 2. The van der Waals surface area contributed by atoms with Crippen molar-refractivity contribution in [2.45, 2.75) is 19.4 Å². The van der Waals surface area contributed by atoms with Crippen molar-refractivity contribution in [2.24, 2.45) is 0 Å². The summed E-state index contributed by atoms with van der Waals surface area (Å²) in [7, 11) is 4.29. The van der Waals surface area contributed by atoms with Crippen LogP contribution < -0.4 is 10.6 Å². The smallest absolute Gasteiger partial charge is 0.221 e. The van der Waals surface area contributed by atoms with Crippen LogP contribution in [0.5, 0.6) is 0 Å². The largest absolute Gasteiger partial charge is 0.326 e. The predicted octanol–water partition coefficient (Wildman–Crippen LogP) is 2.72. The molecule has 0 bridgehead atoms. The highest BCUT2D eigenvalue weighted by atomic mass is 16.2. The maximum absolute atomic E-state index is 11.3. The normalized spacial score (nSPS) is 17.1. The molecule has 6 heteroatoms. The maximum Gasteiger partial charge on any atom is 0.221 e. The van der Waals surface area contributed by atoms with Gasteiger partial charge >= 0.3 is 0 Å². The lowest BCUT2D eigenvalue weighted by atomic mass is 9.79. The Morgan fingerprint density at radius 2 is 1.21 bits per heavy atom. The summed E-state index contributed by atoms with van der Waals surface area (Å²) in [4.78, 5) is 27.4. The van der Waals surface area contributed by atoms with Crippen LogP contribution in [0.4, 0.5) is 11.4 Å². The summed E-state index contributed by atoms with van der Waals surface area (Å²) in [6, 6.07) is 16.1. The van der Waals surface area contributed by atoms with Crippen LogP contribution >= 0.6 is 0 Å². The molecular weight excluding hydrogens is 352 g/mol. The molecule has 0 aromatic heterocycles. The summed E-state index contributed by atoms with van der Waals surface area (Å²) >= 11 is 0. The number of hydrogen-bond donors (Lipinski definition) is 2. The molecule has 2 N–H and O–H groups in total. The van der Waals surface area contributed by atoms with Crippen LogP contribution in [-0.4, -0.2) is 55.3 Å². The lowest BCUT2D eigenvalue weighted by Crippen LogP contribution is -2.58. The molecule has 148 valence electrons. The quantitative estimate of drug-likeness (QED) is 0.856. The average molecular weight is 380 g/mol. The third kappa shape index (κ3) is 4.08. The van der Waals surface area contributed by atoms with E-state index in [4.69, 9.17) is 0 Å². The molecule has 1 heterocycles. The molecule has 6 nitrogen and oxygen atoms in total. The minimum Gasteiger partial charge on any atom is -0.326 e. The number of carbonyl (C=O) groups excluding carboxylic acids is 2. The van der Waals surface area contributed by atoms with Crippen molar-refractivity contribution in [1.82, 2.24) is 9.80 Å².